The van der Waals surface area contributed by atoms with Crippen LogP contribution >= 0.6 is 0 Å². The van der Waals surface area contributed by atoms with E-state index in [1.807, 2.05) is 19.9 Å². The summed E-state index contributed by atoms with van der Waals surface area (Å²) >= 11 is 0. The van der Waals surface area contributed by atoms with Crippen molar-refractivity contribution in [2.24, 2.45) is 0 Å². The van der Waals surface area contributed by atoms with Gasteiger partial charge in [-0.15, -0.1) is 0 Å². The van der Waals surface area contributed by atoms with Gasteiger partial charge in [0.2, 0.25) is 0 Å². The Balaban J connectivity index is 2.63. The molecule has 1 N–H and O–H groups in total. The fourth-order valence-corrected chi connectivity index (χ4v) is 1.81. The lowest BCUT2D eigenvalue weighted by Crippen LogP contribution is -2.00. The van der Waals surface area contributed by atoms with E-state index < -0.39 is 0 Å². The summed E-state index contributed by atoms with van der Waals surface area (Å²) in [5, 5.41) is 0.961. The summed E-state index contributed by atoms with van der Waals surface area (Å²) in [5.74, 6) is 0.305. The minimum atomic E-state index is -0.296. The number of carbonyl (C=O) groups excluding carboxylic acids is 1. The van der Waals surface area contributed by atoms with E-state index in [0.717, 1.165) is 22.0 Å². The van der Waals surface area contributed by atoms with Gasteiger partial charge in [-0.2, -0.15) is 0 Å². The number of hydrogen-bond donors (Lipinski definition) is 1. The Labute approximate surface area is 88.1 Å². The lowest BCUT2D eigenvalue weighted by atomic mass is 10.1. The minimum Gasteiger partial charge on any atom is -0.424 e. The summed E-state index contributed by atoms with van der Waals surface area (Å²) in [7, 11) is 0. The highest BCUT2D eigenvalue weighted by atomic mass is 16.5. The fourth-order valence-electron chi connectivity index (χ4n) is 1.81. The van der Waals surface area contributed by atoms with Crippen molar-refractivity contribution >= 4 is 16.9 Å². The summed E-state index contributed by atoms with van der Waals surface area (Å²) in [6, 6.07) is 4.10. The van der Waals surface area contributed by atoms with Gasteiger partial charge in [-0.05, 0) is 31.0 Å². The summed E-state index contributed by atoms with van der Waals surface area (Å²) in [4.78, 5) is 14.0. The van der Waals surface area contributed by atoms with Crippen LogP contribution in [0.4, 0.5) is 0 Å². The van der Waals surface area contributed by atoms with E-state index >= 15 is 0 Å². The molecule has 0 saturated carbocycles. The van der Waals surface area contributed by atoms with Crippen molar-refractivity contribution < 1.29 is 9.53 Å². The summed E-state index contributed by atoms with van der Waals surface area (Å²) in [6.45, 7) is 5.46. The van der Waals surface area contributed by atoms with Gasteiger partial charge in [0.1, 0.15) is 0 Å². The molecule has 0 amide bonds. The van der Waals surface area contributed by atoms with Crippen LogP contribution in [0.5, 0.6) is 5.75 Å². The van der Waals surface area contributed by atoms with Crippen molar-refractivity contribution in [3.8, 4) is 5.75 Å². The first-order valence-corrected chi connectivity index (χ1v) is 4.84. The number of ether oxygens (including phenoxy) is 1. The molecule has 15 heavy (non-hydrogen) atoms. The maximum absolute atomic E-state index is 10.9. The topological polar surface area (TPSA) is 42.1 Å². The predicted molar refractivity (Wildman–Crippen MR) is 59.1 cm³/mol. The molecule has 0 bridgehead atoms. The van der Waals surface area contributed by atoms with Crippen LogP contribution in [-0.2, 0) is 4.79 Å². The van der Waals surface area contributed by atoms with Gasteiger partial charge in [0.05, 0.1) is 5.52 Å². The molecule has 2 rings (SSSR count). The predicted octanol–water partition coefficient (Wildman–Crippen LogP) is 2.71. The van der Waals surface area contributed by atoms with Crippen molar-refractivity contribution in [1.29, 1.82) is 0 Å². The molecule has 0 saturated heterocycles. The molecule has 0 aliphatic heterocycles. The molecule has 0 aliphatic carbocycles. The van der Waals surface area contributed by atoms with Gasteiger partial charge in [0.15, 0.2) is 5.75 Å². The van der Waals surface area contributed by atoms with Crippen LogP contribution in [0.25, 0.3) is 10.9 Å². The molecule has 0 fully saturated rings. The van der Waals surface area contributed by atoms with Crippen molar-refractivity contribution in [2.45, 2.75) is 20.8 Å². The Morgan fingerprint density at radius 3 is 2.73 bits per heavy atom. The van der Waals surface area contributed by atoms with E-state index in [1.54, 1.807) is 6.20 Å². The van der Waals surface area contributed by atoms with Crippen LogP contribution in [0, 0.1) is 13.8 Å². The molecular formula is C12H13NO2. The van der Waals surface area contributed by atoms with Gasteiger partial charge in [-0.3, -0.25) is 4.79 Å². The normalized spacial score (nSPS) is 10.6. The molecule has 3 nitrogen and oxygen atoms in total. The van der Waals surface area contributed by atoms with E-state index in [1.165, 1.54) is 6.92 Å². The molecule has 3 heteroatoms. The molecule has 78 valence electrons. The number of aromatic amines is 1. The Kier molecular flexibility index (Phi) is 2.23. The first kappa shape index (κ1) is 9.77. The van der Waals surface area contributed by atoms with Crippen LogP contribution in [0.15, 0.2) is 18.3 Å². The highest BCUT2D eigenvalue weighted by Crippen LogP contribution is 2.28. The monoisotopic (exact) mass is 203 g/mol. The Hall–Kier alpha value is -1.77. The van der Waals surface area contributed by atoms with E-state index in [-0.39, 0.29) is 5.97 Å². The molecule has 1 aromatic carbocycles. The molecule has 1 heterocycles. The molecular weight excluding hydrogens is 190 g/mol. The van der Waals surface area contributed by atoms with Crippen LogP contribution in [-0.4, -0.2) is 11.0 Å². The lowest BCUT2D eigenvalue weighted by molar-refractivity contribution is -0.131. The number of nitrogens with one attached hydrogen (secondary N) is 1. The third kappa shape index (κ3) is 1.73. The molecule has 0 aliphatic rings. The minimum absolute atomic E-state index is 0.296. The number of H-pyrrole nitrogens is 1. The van der Waals surface area contributed by atoms with Gasteiger partial charge in [-0.1, -0.05) is 6.07 Å². The second-order valence-corrected chi connectivity index (χ2v) is 3.75. The largest absolute Gasteiger partial charge is 0.424 e. The van der Waals surface area contributed by atoms with Crippen molar-refractivity contribution in [3.05, 3.63) is 29.5 Å². The first-order chi connectivity index (χ1) is 7.08. The highest BCUT2D eigenvalue weighted by molar-refractivity contribution is 5.91. The Morgan fingerprint density at radius 1 is 1.33 bits per heavy atom. The van der Waals surface area contributed by atoms with Crippen LogP contribution < -0.4 is 4.74 Å². The molecule has 0 atom stereocenters. The highest BCUT2D eigenvalue weighted by Gasteiger charge is 2.08. The quantitative estimate of drug-likeness (QED) is 0.724. The number of rotatable bonds is 1. The average Bonchev–Trinajstić information content (AvgIpc) is 2.48. The number of esters is 1. The maximum Gasteiger partial charge on any atom is 0.308 e. The number of aryl methyl sites for hydroxylation is 2. The number of fused-ring (bicyclic) bond motifs is 1. The number of hydrogen-bond acceptors (Lipinski definition) is 2. The summed E-state index contributed by atoms with van der Waals surface area (Å²) < 4.78 is 5.11. The van der Waals surface area contributed by atoms with Gasteiger partial charge >= 0.3 is 5.97 Å². The van der Waals surface area contributed by atoms with Gasteiger partial charge < -0.3 is 9.72 Å². The van der Waals surface area contributed by atoms with E-state index in [4.69, 9.17) is 4.74 Å². The number of benzene rings is 1. The number of aromatic nitrogens is 1. The zero-order chi connectivity index (χ0) is 11.0. The van der Waals surface area contributed by atoms with Crippen molar-refractivity contribution in [1.82, 2.24) is 4.98 Å². The number of carbonyl (C=O) groups is 1. The Bertz CT molecular complexity index is 526. The van der Waals surface area contributed by atoms with Crippen molar-refractivity contribution in [3.63, 3.8) is 0 Å². The van der Waals surface area contributed by atoms with Crippen LogP contribution in [0.3, 0.4) is 0 Å². The van der Waals surface area contributed by atoms with Gasteiger partial charge in [0.25, 0.3) is 0 Å². The molecule has 0 spiro atoms. The summed E-state index contributed by atoms with van der Waals surface area (Å²) in [6.07, 6.45) is 1.72. The second kappa shape index (κ2) is 3.42. The smallest absolute Gasteiger partial charge is 0.308 e. The standard InChI is InChI=1S/C12H13NO2/c1-7-4-8(2)12-10(5-7)11(6-13-12)15-9(3)14/h4-6,13H,1-3H3. The van der Waals surface area contributed by atoms with Crippen molar-refractivity contribution in [2.75, 3.05) is 0 Å². The zero-order valence-electron chi connectivity index (χ0n) is 9.05. The second-order valence-electron chi connectivity index (χ2n) is 3.75. The SMILES string of the molecule is CC(=O)Oc1c[nH]c2c(C)cc(C)cc12. The average molecular weight is 203 g/mol. The zero-order valence-corrected chi connectivity index (χ0v) is 9.05. The van der Waals surface area contributed by atoms with Crippen LogP contribution in [0.2, 0.25) is 0 Å². The van der Waals surface area contributed by atoms with E-state index in [9.17, 15) is 4.79 Å². The molecule has 0 radical (unpaired) electrons. The Morgan fingerprint density at radius 2 is 2.07 bits per heavy atom. The lowest BCUT2D eigenvalue weighted by Gasteiger charge is -2.01. The fraction of sp³-hybridized carbons (Fsp3) is 0.250. The van der Waals surface area contributed by atoms with Crippen LogP contribution in [0.1, 0.15) is 18.1 Å². The molecule has 2 aromatic rings. The summed E-state index contributed by atoms with van der Waals surface area (Å²) in [5.41, 5.74) is 3.34. The van der Waals surface area contributed by atoms with E-state index in [2.05, 4.69) is 11.1 Å². The third-order valence-electron chi connectivity index (χ3n) is 2.35. The van der Waals surface area contributed by atoms with E-state index in [0.29, 0.717) is 5.75 Å². The molecule has 0 unspecified atom stereocenters. The maximum atomic E-state index is 10.9. The third-order valence-corrected chi connectivity index (χ3v) is 2.35. The first-order valence-electron chi connectivity index (χ1n) is 4.84. The molecule has 1 aromatic heterocycles. The van der Waals surface area contributed by atoms with Gasteiger partial charge in [-0.25, -0.2) is 0 Å². The van der Waals surface area contributed by atoms with Gasteiger partial charge in [0, 0.05) is 18.5 Å².